The number of benzene rings is 1. The number of carbonyl (C=O) groups excluding carboxylic acids is 1. The van der Waals surface area contributed by atoms with Gasteiger partial charge in [0, 0.05) is 32.2 Å². The zero-order chi connectivity index (χ0) is 16.2. The highest BCUT2D eigenvalue weighted by molar-refractivity contribution is 5.76. The Balaban J connectivity index is 1.65. The average Bonchev–Trinajstić information content (AvgIpc) is 2.56. The summed E-state index contributed by atoms with van der Waals surface area (Å²) in [6, 6.07) is 8.81. The maximum Gasteiger partial charge on any atom is 0.409 e. The molecule has 1 fully saturated rings. The molecule has 0 unspecified atom stereocenters. The molecule has 3 rings (SSSR count). The van der Waals surface area contributed by atoms with Gasteiger partial charge >= 0.3 is 6.09 Å². The van der Waals surface area contributed by atoms with Gasteiger partial charge in [0.25, 0.3) is 0 Å². The highest BCUT2D eigenvalue weighted by Crippen LogP contribution is 2.14. The molecule has 6 nitrogen and oxygen atoms in total. The number of fused-ring (bicyclic) bond motifs is 1. The molecule has 0 aliphatic carbocycles. The third-order valence-corrected chi connectivity index (χ3v) is 3.96. The lowest BCUT2D eigenvalue weighted by Crippen LogP contribution is -2.48. The zero-order valence-corrected chi connectivity index (χ0v) is 13.2. The summed E-state index contributed by atoms with van der Waals surface area (Å²) in [5.41, 5.74) is 0.590. The molecule has 6 heteroatoms. The predicted octanol–water partition coefficient (Wildman–Crippen LogP) is 2.07. The molecule has 23 heavy (non-hydrogen) atoms. The van der Waals surface area contributed by atoms with Gasteiger partial charge in [-0.05, 0) is 19.1 Å². The fraction of sp³-hybridized carbons (Fsp3) is 0.412. The summed E-state index contributed by atoms with van der Waals surface area (Å²) in [7, 11) is 0. The molecule has 122 valence electrons. The van der Waals surface area contributed by atoms with Gasteiger partial charge < -0.3 is 14.1 Å². The summed E-state index contributed by atoms with van der Waals surface area (Å²) >= 11 is 0. The Kier molecular flexibility index (Phi) is 4.62. The van der Waals surface area contributed by atoms with Crippen LogP contribution in [0.5, 0.6) is 0 Å². The minimum Gasteiger partial charge on any atom is -0.459 e. The number of rotatable bonds is 3. The van der Waals surface area contributed by atoms with E-state index < -0.39 is 0 Å². The van der Waals surface area contributed by atoms with Crippen molar-refractivity contribution in [3.05, 3.63) is 46.3 Å². The van der Waals surface area contributed by atoms with E-state index >= 15 is 0 Å². The lowest BCUT2D eigenvalue weighted by Gasteiger charge is -2.33. The lowest BCUT2D eigenvalue weighted by molar-refractivity contribution is 0.0761. The molecule has 0 bridgehead atoms. The second kappa shape index (κ2) is 6.83. The Hall–Kier alpha value is -2.34. The predicted molar refractivity (Wildman–Crippen MR) is 86.4 cm³/mol. The highest BCUT2D eigenvalue weighted by atomic mass is 16.6. The fourth-order valence-corrected chi connectivity index (χ4v) is 2.76. The number of hydrogen-bond donors (Lipinski definition) is 0. The van der Waals surface area contributed by atoms with E-state index in [0.29, 0.717) is 43.0 Å². The molecule has 0 radical (unpaired) electrons. The molecule has 0 N–H and O–H groups in total. The SMILES string of the molecule is CCOC(=O)N1CCN(Cc2cc(=O)c3ccccc3o2)CC1. The van der Waals surface area contributed by atoms with Crippen LogP contribution in [0.3, 0.4) is 0 Å². The van der Waals surface area contributed by atoms with Crippen molar-refractivity contribution in [1.29, 1.82) is 0 Å². The van der Waals surface area contributed by atoms with Crippen molar-refractivity contribution in [3.8, 4) is 0 Å². The molecular weight excluding hydrogens is 296 g/mol. The maximum atomic E-state index is 12.1. The first-order valence-electron chi connectivity index (χ1n) is 7.83. The minimum atomic E-state index is -0.260. The monoisotopic (exact) mass is 316 g/mol. The largest absolute Gasteiger partial charge is 0.459 e. The number of piperazine rings is 1. The summed E-state index contributed by atoms with van der Waals surface area (Å²) in [5.74, 6) is 0.651. The Morgan fingerprint density at radius 1 is 1.22 bits per heavy atom. The zero-order valence-electron chi connectivity index (χ0n) is 13.2. The van der Waals surface area contributed by atoms with E-state index in [2.05, 4.69) is 4.90 Å². The van der Waals surface area contributed by atoms with Gasteiger partial charge in [-0.15, -0.1) is 0 Å². The lowest BCUT2D eigenvalue weighted by atomic mass is 10.2. The average molecular weight is 316 g/mol. The van der Waals surface area contributed by atoms with E-state index in [0.717, 1.165) is 13.1 Å². The molecule has 2 aromatic rings. The van der Waals surface area contributed by atoms with Crippen molar-refractivity contribution in [2.45, 2.75) is 13.5 Å². The van der Waals surface area contributed by atoms with Crippen molar-refractivity contribution >= 4 is 17.1 Å². The van der Waals surface area contributed by atoms with Crippen molar-refractivity contribution in [2.24, 2.45) is 0 Å². The topological polar surface area (TPSA) is 63.0 Å². The van der Waals surface area contributed by atoms with Crippen LogP contribution in [0.15, 0.2) is 39.5 Å². The van der Waals surface area contributed by atoms with E-state index in [1.807, 2.05) is 12.1 Å². The summed E-state index contributed by atoms with van der Waals surface area (Å²) in [6.45, 7) is 5.46. The number of para-hydroxylation sites is 1. The maximum absolute atomic E-state index is 12.1. The highest BCUT2D eigenvalue weighted by Gasteiger charge is 2.22. The van der Waals surface area contributed by atoms with E-state index in [9.17, 15) is 9.59 Å². The molecule has 1 saturated heterocycles. The molecule has 0 saturated carbocycles. The smallest absolute Gasteiger partial charge is 0.409 e. The molecule has 0 spiro atoms. The molecule has 2 heterocycles. The van der Waals surface area contributed by atoms with Gasteiger partial charge in [0.15, 0.2) is 5.43 Å². The van der Waals surface area contributed by atoms with Gasteiger partial charge in [-0.3, -0.25) is 9.69 Å². The Labute approximate surface area is 134 Å². The molecule has 1 aromatic heterocycles. The fourth-order valence-electron chi connectivity index (χ4n) is 2.76. The van der Waals surface area contributed by atoms with Gasteiger partial charge in [0.2, 0.25) is 0 Å². The van der Waals surface area contributed by atoms with Crippen molar-refractivity contribution < 1.29 is 13.9 Å². The number of nitrogens with zero attached hydrogens (tertiary/aromatic N) is 2. The van der Waals surface area contributed by atoms with Gasteiger partial charge in [0.1, 0.15) is 11.3 Å². The molecule has 1 aromatic carbocycles. The van der Waals surface area contributed by atoms with Crippen molar-refractivity contribution in [3.63, 3.8) is 0 Å². The first-order valence-corrected chi connectivity index (χ1v) is 7.83. The third kappa shape index (κ3) is 3.53. The summed E-state index contributed by atoms with van der Waals surface area (Å²) in [6.07, 6.45) is -0.260. The second-order valence-electron chi connectivity index (χ2n) is 5.54. The second-order valence-corrected chi connectivity index (χ2v) is 5.54. The quantitative estimate of drug-likeness (QED) is 0.867. The van der Waals surface area contributed by atoms with Crippen LogP contribution >= 0.6 is 0 Å². The van der Waals surface area contributed by atoms with E-state index in [-0.39, 0.29) is 11.5 Å². The summed E-state index contributed by atoms with van der Waals surface area (Å²) in [4.78, 5) is 27.7. The molecule has 1 aliphatic heterocycles. The molecule has 1 aliphatic rings. The van der Waals surface area contributed by atoms with Gasteiger partial charge in [0.05, 0.1) is 18.5 Å². The van der Waals surface area contributed by atoms with Gasteiger partial charge in [-0.25, -0.2) is 4.79 Å². The minimum absolute atomic E-state index is 0.0213. The van der Waals surface area contributed by atoms with Crippen LogP contribution in [0.2, 0.25) is 0 Å². The summed E-state index contributed by atoms with van der Waals surface area (Å²) < 4.78 is 10.8. The van der Waals surface area contributed by atoms with Crippen LogP contribution < -0.4 is 5.43 Å². The van der Waals surface area contributed by atoms with Crippen LogP contribution in [0.4, 0.5) is 4.79 Å². The van der Waals surface area contributed by atoms with Gasteiger partial charge in [-0.1, -0.05) is 12.1 Å². The van der Waals surface area contributed by atoms with Crippen LogP contribution in [-0.4, -0.2) is 48.7 Å². The number of carbonyl (C=O) groups is 1. The van der Waals surface area contributed by atoms with Gasteiger partial charge in [-0.2, -0.15) is 0 Å². The molecule has 0 atom stereocenters. The third-order valence-electron chi connectivity index (χ3n) is 3.96. The first-order chi connectivity index (χ1) is 11.2. The molecule has 1 amide bonds. The Morgan fingerprint density at radius 3 is 2.70 bits per heavy atom. The van der Waals surface area contributed by atoms with Crippen LogP contribution in [0.25, 0.3) is 11.0 Å². The van der Waals surface area contributed by atoms with E-state index in [4.69, 9.17) is 9.15 Å². The van der Waals surface area contributed by atoms with E-state index in [1.54, 1.807) is 30.0 Å². The van der Waals surface area contributed by atoms with Crippen LogP contribution in [-0.2, 0) is 11.3 Å². The molecular formula is C17H20N2O4. The van der Waals surface area contributed by atoms with Crippen LogP contribution in [0.1, 0.15) is 12.7 Å². The normalized spacial score (nSPS) is 15.8. The first kappa shape index (κ1) is 15.6. The number of ether oxygens (including phenoxy) is 1. The standard InChI is InChI=1S/C17H20N2O4/c1-2-22-17(21)19-9-7-18(8-10-19)12-13-11-15(20)14-5-3-4-6-16(14)23-13/h3-6,11H,2,7-10,12H2,1H3. The van der Waals surface area contributed by atoms with Crippen molar-refractivity contribution in [1.82, 2.24) is 9.80 Å². The number of amides is 1. The number of hydrogen-bond acceptors (Lipinski definition) is 5. The Morgan fingerprint density at radius 2 is 1.96 bits per heavy atom. The Bertz CT molecular complexity index is 748. The van der Waals surface area contributed by atoms with Crippen LogP contribution in [0, 0.1) is 0 Å². The van der Waals surface area contributed by atoms with Crippen molar-refractivity contribution in [2.75, 3.05) is 32.8 Å². The van der Waals surface area contributed by atoms with E-state index in [1.165, 1.54) is 0 Å². The summed E-state index contributed by atoms with van der Waals surface area (Å²) in [5, 5.41) is 0.600.